The van der Waals surface area contributed by atoms with E-state index in [1.54, 1.807) is 26.4 Å². The average molecular weight is 458 g/mol. The summed E-state index contributed by atoms with van der Waals surface area (Å²) in [5.74, 6) is 1.04. The average Bonchev–Trinajstić information content (AvgIpc) is 3.42. The SMILES string of the molecule is COc1ccc(-c2n[nH]c3c2C(c2ccccc2OC)N(CCc2ccc(F)cc2)C3=O)cc1. The first-order valence-electron chi connectivity index (χ1n) is 11.0. The second kappa shape index (κ2) is 9.02. The van der Waals surface area contributed by atoms with Gasteiger partial charge in [-0.1, -0.05) is 30.3 Å². The van der Waals surface area contributed by atoms with Gasteiger partial charge in [-0.25, -0.2) is 4.39 Å². The van der Waals surface area contributed by atoms with E-state index in [0.29, 0.717) is 30.1 Å². The Bertz CT molecular complexity index is 1320. The first-order valence-corrected chi connectivity index (χ1v) is 11.0. The molecule has 5 rings (SSSR count). The van der Waals surface area contributed by atoms with Crippen molar-refractivity contribution in [2.24, 2.45) is 0 Å². The molecule has 0 aliphatic carbocycles. The lowest BCUT2D eigenvalue weighted by molar-refractivity contribution is 0.0744. The summed E-state index contributed by atoms with van der Waals surface area (Å²) in [6.45, 7) is 0.456. The van der Waals surface area contributed by atoms with E-state index >= 15 is 0 Å². The number of hydrogen-bond donors (Lipinski definition) is 1. The number of carbonyl (C=O) groups is 1. The van der Waals surface area contributed by atoms with E-state index in [2.05, 4.69) is 10.2 Å². The van der Waals surface area contributed by atoms with Crippen molar-refractivity contribution in [3.63, 3.8) is 0 Å². The Morgan fingerprint density at radius 1 is 0.971 bits per heavy atom. The number of benzene rings is 3. The van der Waals surface area contributed by atoms with Crippen LogP contribution in [-0.4, -0.2) is 41.8 Å². The summed E-state index contributed by atoms with van der Waals surface area (Å²) < 4.78 is 24.3. The molecule has 172 valence electrons. The van der Waals surface area contributed by atoms with E-state index < -0.39 is 0 Å². The molecule has 1 aliphatic rings. The highest BCUT2D eigenvalue weighted by atomic mass is 19.1. The lowest BCUT2D eigenvalue weighted by atomic mass is 9.95. The maximum atomic E-state index is 13.5. The Morgan fingerprint density at radius 3 is 2.41 bits per heavy atom. The molecule has 1 aromatic heterocycles. The minimum Gasteiger partial charge on any atom is -0.497 e. The lowest BCUT2D eigenvalue weighted by Gasteiger charge is -2.27. The number of fused-ring (bicyclic) bond motifs is 1. The first-order chi connectivity index (χ1) is 16.6. The van der Waals surface area contributed by atoms with Crippen LogP contribution >= 0.6 is 0 Å². The molecule has 4 aromatic rings. The molecule has 0 saturated heterocycles. The number of aromatic amines is 1. The molecule has 0 saturated carbocycles. The van der Waals surface area contributed by atoms with Crippen LogP contribution in [0.5, 0.6) is 11.5 Å². The molecule has 34 heavy (non-hydrogen) atoms. The molecule has 0 spiro atoms. The third-order valence-electron chi connectivity index (χ3n) is 6.22. The van der Waals surface area contributed by atoms with Crippen molar-refractivity contribution in [2.45, 2.75) is 12.5 Å². The Kier molecular flexibility index (Phi) is 5.76. The van der Waals surface area contributed by atoms with Gasteiger partial charge in [0.25, 0.3) is 5.91 Å². The number of amides is 1. The molecule has 0 radical (unpaired) electrons. The molecular formula is C27H24FN3O3. The number of halogens is 1. The summed E-state index contributed by atoms with van der Waals surface area (Å²) in [4.78, 5) is 15.4. The second-order valence-electron chi connectivity index (χ2n) is 8.11. The monoisotopic (exact) mass is 457 g/mol. The Balaban J connectivity index is 1.58. The van der Waals surface area contributed by atoms with Crippen LogP contribution < -0.4 is 9.47 Å². The van der Waals surface area contributed by atoms with E-state index in [9.17, 15) is 9.18 Å². The zero-order chi connectivity index (χ0) is 23.7. The van der Waals surface area contributed by atoms with Crippen molar-refractivity contribution in [3.8, 4) is 22.8 Å². The van der Waals surface area contributed by atoms with Gasteiger partial charge in [-0.2, -0.15) is 5.10 Å². The van der Waals surface area contributed by atoms with Crippen LogP contribution in [-0.2, 0) is 6.42 Å². The van der Waals surface area contributed by atoms with Crippen LogP contribution in [0, 0.1) is 5.82 Å². The molecule has 3 aromatic carbocycles. The van der Waals surface area contributed by atoms with Gasteiger partial charge in [0, 0.05) is 23.2 Å². The number of H-pyrrole nitrogens is 1. The number of nitrogens with zero attached hydrogens (tertiary/aromatic N) is 2. The number of methoxy groups -OCH3 is 2. The number of rotatable bonds is 7. The summed E-state index contributed by atoms with van der Waals surface area (Å²) in [7, 11) is 3.25. The van der Waals surface area contributed by atoms with Crippen molar-refractivity contribution in [1.82, 2.24) is 15.1 Å². The predicted octanol–water partition coefficient (Wildman–Crippen LogP) is 5.02. The van der Waals surface area contributed by atoms with Gasteiger partial charge in [0.15, 0.2) is 0 Å². The fraction of sp³-hybridized carbons (Fsp3) is 0.185. The normalized spacial score (nSPS) is 14.9. The molecule has 0 fully saturated rings. The lowest BCUT2D eigenvalue weighted by Crippen LogP contribution is -2.31. The van der Waals surface area contributed by atoms with Crippen LogP contribution in [0.1, 0.15) is 33.2 Å². The van der Waals surface area contributed by atoms with Gasteiger partial charge in [0.1, 0.15) is 23.0 Å². The van der Waals surface area contributed by atoms with Crippen LogP contribution in [0.4, 0.5) is 4.39 Å². The van der Waals surface area contributed by atoms with Crippen molar-refractivity contribution in [3.05, 3.63) is 101 Å². The van der Waals surface area contributed by atoms with Crippen molar-refractivity contribution in [1.29, 1.82) is 0 Å². The fourth-order valence-corrected chi connectivity index (χ4v) is 4.51. The van der Waals surface area contributed by atoms with Gasteiger partial charge in [-0.05, 0) is 54.4 Å². The maximum absolute atomic E-state index is 13.5. The van der Waals surface area contributed by atoms with Gasteiger partial charge in [0.05, 0.1) is 26.0 Å². The zero-order valence-electron chi connectivity index (χ0n) is 18.9. The van der Waals surface area contributed by atoms with Crippen molar-refractivity contribution in [2.75, 3.05) is 20.8 Å². The smallest absolute Gasteiger partial charge is 0.273 e. The first kappa shape index (κ1) is 21.7. The minimum absolute atomic E-state index is 0.125. The highest BCUT2D eigenvalue weighted by Gasteiger charge is 2.43. The quantitative estimate of drug-likeness (QED) is 0.423. The largest absolute Gasteiger partial charge is 0.497 e. The summed E-state index contributed by atoms with van der Waals surface area (Å²) in [5, 5.41) is 7.48. The molecule has 1 amide bonds. The number of ether oxygens (including phenoxy) is 2. The molecular weight excluding hydrogens is 433 g/mol. The predicted molar refractivity (Wildman–Crippen MR) is 127 cm³/mol. The van der Waals surface area contributed by atoms with Gasteiger partial charge in [0.2, 0.25) is 0 Å². The molecule has 1 atom stereocenters. The topological polar surface area (TPSA) is 67.5 Å². The highest BCUT2D eigenvalue weighted by molar-refractivity contribution is 6.00. The van der Waals surface area contributed by atoms with E-state index in [1.165, 1.54) is 12.1 Å². The maximum Gasteiger partial charge on any atom is 0.273 e. The standard InChI is InChI=1S/C27H24FN3O3/c1-33-20-13-9-18(10-14-20)24-23-25(30-29-24)27(32)31(16-15-17-7-11-19(28)12-8-17)26(23)21-5-3-4-6-22(21)34-2/h3-14,26H,15-16H2,1-2H3,(H,29,30). The molecule has 0 bridgehead atoms. The molecule has 6 nitrogen and oxygen atoms in total. The number of aromatic nitrogens is 2. The van der Waals surface area contributed by atoms with E-state index in [1.807, 2.05) is 53.4 Å². The van der Waals surface area contributed by atoms with Crippen LogP contribution in [0.3, 0.4) is 0 Å². The number of nitrogens with one attached hydrogen (secondary N) is 1. The number of hydrogen-bond acceptors (Lipinski definition) is 4. The Morgan fingerprint density at radius 2 is 1.71 bits per heavy atom. The molecule has 1 N–H and O–H groups in total. The van der Waals surface area contributed by atoms with Gasteiger partial charge >= 0.3 is 0 Å². The van der Waals surface area contributed by atoms with Gasteiger partial charge < -0.3 is 14.4 Å². The summed E-state index contributed by atoms with van der Waals surface area (Å²) in [5.41, 5.74) is 4.72. The Hall–Kier alpha value is -4.13. The second-order valence-corrected chi connectivity index (χ2v) is 8.11. The van der Waals surface area contributed by atoms with E-state index in [4.69, 9.17) is 9.47 Å². The number of para-hydroxylation sites is 1. The van der Waals surface area contributed by atoms with E-state index in [0.717, 1.165) is 28.0 Å². The summed E-state index contributed by atoms with van der Waals surface area (Å²) in [6, 6.07) is 21.3. The molecule has 2 heterocycles. The third kappa shape index (κ3) is 3.79. The van der Waals surface area contributed by atoms with Crippen molar-refractivity contribution >= 4 is 5.91 Å². The molecule has 1 unspecified atom stereocenters. The van der Waals surface area contributed by atoms with E-state index in [-0.39, 0.29) is 17.8 Å². The highest BCUT2D eigenvalue weighted by Crippen LogP contribution is 2.45. The van der Waals surface area contributed by atoms with Crippen LogP contribution in [0.2, 0.25) is 0 Å². The van der Waals surface area contributed by atoms with Crippen LogP contribution in [0.25, 0.3) is 11.3 Å². The molecule has 1 aliphatic heterocycles. The zero-order valence-corrected chi connectivity index (χ0v) is 18.9. The van der Waals surface area contributed by atoms with Gasteiger partial charge in [-0.3, -0.25) is 9.89 Å². The molecule has 7 heteroatoms. The van der Waals surface area contributed by atoms with Gasteiger partial charge in [-0.15, -0.1) is 0 Å². The van der Waals surface area contributed by atoms with Crippen molar-refractivity contribution < 1.29 is 18.7 Å². The third-order valence-corrected chi connectivity index (χ3v) is 6.22. The fourth-order valence-electron chi connectivity index (χ4n) is 4.51. The summed E-state index contributed by atoms with van der Waals surface area (Å²) >= 11 is 0. The Labute approximate surface area is 196 Å². The van der Waals surface area contributed by atoms with Crippen LogP contribution in [0.15, 0.2) is 72.8 Å². The summed E-state index contributed by atoms with van der Waals surface area (Å²) in [6.07, 6.45) is 0.591. The minimum atomic E-state index is -0.380. The number of carbonyl (C=O) groups excluding carboxylic acids is 1.